The molecule has 1 amide bonds. The highest BCUT2D eigenvalue weighted by Crippen LogP contribution is 2.35. The smallest absolute Gasteiger partial charge is 0.408 e. The van der Waals surface area contributed by atoms with Gasteiger partial charge in [-0.25, -0.2) is 4.79 Å². The van der Waals surface area contributed by atoms with E-state index in [0.29, 0.717) is 23.5 Å². The molecule has 184 valence electrons. The largest absolute Gasteiger partial charge is 0.490 e. The van der Waals surface area contributed by atoms with E-state index in [1.807, 2.05) is 46.8 Å². The van der Waals surface area contributed by atoms with E-state index in [9.17, 15) is 9.59 Å². The van der Waals surface area contributed by atoms with Crippen LogP contribution in [0.25, 0.3) is 21.7 Å². The Morgan fingerprint density at radius 2 is 1.85 bits per heavy atom. The summed E-state index contributed by atoms with van der Waals surface area (Å²) in [5.41, 5.74) is 0.0170. The van der Waals surface area contributed by atoms with Gasteiger partial charge in [0.1, 0.15) is 18.0 Å². The molecule has 8 heteroatoms. The SMILES string of the molecule is Cc1nccc2c3ccc(OCC(C)(CC(C)C)NC(=O)OC(C)(C)C)c(Cl)c3c(=O)n(C)c12. The van der Waals surface area contributed by atoms with Crippen LogP contribution < -0.4 is 15.6 Å². The molecule has 2 heterocycles. The fourth-order valence-electron chi connectivity index (χ4n) is 4.40. The number of carbonyl (C=O) groups is 1. The molecule has 7 nitrogen and oxygen atoms in total. The maximum absolute atomic E-state index is 13.2. The number of nitrogens with zero attached hydrogens (tertiary/aromatic N) is 2. The molecule has 0 radical (unpaired) electrons. The van der Waals surface area contributed by atoms with E-state index < -0.39 is 17.2 Å². The van der Waals surface area contributed by atoms with Crippen LogP contribution in [0.1, 0.15) is 53.7 Å². The maximum atomic E-state index is 13.2. The molecule has 3 rings (SSSR count). The molecule has 0 saturated carbocycles. The summed E-state index contributed by atoms with van der Waals surface area (Å²) in [4.78, 5) is 30.0. The highest BCUT2D eigenvalue weighted by atomic mass is 35.5. The van der Waals surface area contributed by atoms with Crippen molar-refractivity contribution in [1.29, 1.82) is 0 Å². The number of hydrogen-bond acceptors (Lipinski definition) is 5. The number of fused-ring (bicyclic) bond motifs is 3. The lowest BCUT2D eigenvalue weighted by Crippen LogP contribution is -2.52. The van der Waals surface area contributed by atoms with E-state index in [1.54, 1.807) is 23.9 Å². The third kappa shape index (κ3) is 5.46. The van der Waals surface area contributed by atoms with Gasteiger partial charge < -0.3 is 19.4 Å². The topological polar surface area (TPSA) is 82.5 Å². The van der Waals surface area contributed by atoms with E-state index in [1.165, 1.54) is 0 Å². The maximum Gasteiger partial charge on any atom is 0.408 e. The number of pyridine rings is 2. The number of benzene rings is 1. The van der Waals surface area contributed by atoms with Crippen molar-refractivity contribution in [2.75, 3.05) is 6.61 Å². The van der Waals surface area contributed by atoms with Crippen LogP contribution in [-0.2, 0) is 11.8 Å². The van der Waals surface area contributed by atoms with E-state index >= 15 is 0 Å². The van der Waals surface area contributed by atoms with Crippen LogP contribution in [0.2, 0.25) is 5.02 Å². The average molecular weight is 488 g/mol. The monoisotopic (exact) mass is 487 g/mol. The lowest BCUT2D eigenvalue weighted by molar-refractivity contribution is 0.0408. The second-order valence-corrected chi connectivity index (χ2v) is 10.9. The van der Waals surface area contributed by atoms with E-state index in [0.717, 1.165) is 22.0 Å². The van der Waals surface area contributed by atoms with Crippen molar-refractivity contribution in [3.8, 4) is 5.75 Å². The lowest BCUT2D eigenvalue weighted by atomic mass is 9.91. The quantitative estimate of drug-likeness (QED) is 0.447. The van der Waals surface area contributed by atoms with Gasteiger partial charge in [-0.3, -0.25) is 9.78 Å². The number of rotatable bonds is 6. The van der Waals surface area contributed by atoms with E-state index in [4.69, 9.17) is 21.1 Å². The molecule has 2 aromatic heterocycles. The summed E-state index contributed by atoms with van der Waals surface area (Å²) in [6.07, 6.45) is 1.88. The minimum Gasteiger partial charge on any atom is -0.490 e. The number of aromatic nitrogens is 2. The van der Waals surface area contributed by atoms with Crippen molar-refractivity contribution in [3.63, 3.8) is 0 Å². The molecule has 1 aromatic carbocycles. The molecule has 0 bridgehead atoms. The van der Waals surface area contributed by atoms with Gasteiger partial charge in [0.05, 0.1) is 27.2 Å². The van der Waals surface area contributed by atoms with Gasteiger partial charge >= 0.3 is 6.09 Å². The predicted molar refractivity (Wildman–Crippen MR) is 137 cm³/mol. The third-order valence-electron chi connectivity index (χ3n) is 5.57. The molecule has 1 unspecified atom stereocenters. The predicted octanol–water partition coefficient (Wildman–Crippen LogP) is 5.76. The first kappa shape index (κ1) is 25.8. The first-order valence-electron chi connectivity index (χ1n) is 11.4. The minimum absolute atomic E-state index is 0.159. The van der Waals surface area contributed by atoms with Crippen molar-refractivity contribution in [1.82, 2.24) is 14.9 Å². The second kappa shape index (κ2) is 9.45. The number of halogens is 1. The Hall–Kier alpha value is -2.80. The van der Waals surface area contributed by atoms with Gasteiger partial charge in [-0.15, -0.1) is 0 Å². The summed E-state index contributed by atoms with van der Waals surface area (Å²) in [6, 6.07) is 5.49. The van der Waals surface area contributed by atoms with Gasteiger partial charge in [-0.2, -0.15) is 0 Å². The molecule has 1 atom stereocenters. The van der Waals surface area contributed by atoms with Gasteiger partial charge in [0.2, 0.25) is 0 Å². The van der Waals surface area contributed by atoms with Crippen LogP contribution in [0, 0.1) is 12.8 Å². The van der Waals surface area contributed by atoms with Crippen molar-refractivity contribution in [2.45, 2.75) is 66.0 Å². The van der Waals surface area contributed by atoms with Crippen LogP contribution in [0.4, 0.5) is 4.79 Å². The van der Waals surface area contributed by atoms with Crippen molar-refractivity contribution >= 4 is 39.4 Å². The standard InChI is InChI=1S/C26H34ClN3O4/c1-15(2)13-26(7,29-24(32)34-25(4,5)6)14-33-19-10-9-17-18-11-12-28-16(3)22(18)30(8)23(31)20(17)21(19)27/h9-12,15H,13-14H2,1-8H3,(H,29,32). The van der Waals surface area contributed by atoms with Gasteiger partial charge in [0.15, 0.2) is 0 Å². The van der Waals surface area contributed by atoms with Gasteiger partial charge in [0.25, 0.3) is 5.56 Å². The molecule has 0 saturated heterocycles. The Balaban J connectivity index is 1.98. The van der Waals surface area contributed by atoms with Crippen LogP contribution in [0.15, 0.2) is 29.2 Å². The Morgan fingerprint density at radius 3 is 2.47 bits per heavy atom. The van der Waals surface area contributed by atoms with Crippen molar-refractivity contribution in [2.24, 2.45) is 13.0 Å². The van der Waals surface area contributed by atoms with Crippen molar-refractivity contribution < 1.29 is 14.3 Å². The summed E-state index contributed by atoms with van der Waals surface area (Å²) in [5.74, 6) is 0.684. The highest BCUT2D eigenvalue weighted by molar-refractivity contribution is 6.37. The second-order valence-electron chi connectivity index (χ2n) is 10.5. The average Bonchev–Trinajstić information content (AvgIpc) is 2.68. The molecule has 34 heavy (non-hydrogen) atoms. The lowest BCUT2D eigenvalue weighted by Gasteiger charge is -2.33. The normalized spacial score (nSPS) is 13.8. The molecule has 0 fully saturated rings. The first-order valence-corrected chi connectivity index (χ1v) is 11.8. The number of ether oxygens (including phenoxy) is 2. The Morgan fingerprint density at radius 1 is 1.18 bits per heavy atom. The number of nitrogens with one attached hydrogen (secondary N) is 1. The van der Waals surface area contributed by atoms with Crippen LogP contribution in [0.3, 0.4) is 0 Å². The molecule has 0 aliphatic rings. The minimum atomic E-state index is -0.702. The summed E-state index contributed by atoms with van der Waals surface area (Å²) in [7, 11) is 1.72. The van der Waals surface area contributed by atoms with Gasteiger partial charge in [-0.05, 0) is 70.5 Å². The Labute approximate surface area is 205 Å². The van der Waals surface area contributed by atoms with Crippen LogP contribution >= 0.6 is 11.6 Å². The number of hydrogen-bond donors (Lipinski definition) is 1. The molecule has 0 aliphatic heterocycles. The zero-order valence-corrected chi connectivity index (χ0v) is 22.0. The Kier molecular flexibility index (Phi) is 7.18. The number of aryl methyl sites for hydroxylation is 2. The molecule has 1 N–H and O–H groups in total. The number of carbonyl (C=O) groups excluding carboxylic acids is 1. The molecule has 3 aromatic rings. The Bertz CT molecular complexity index is 1290. The van der Waals surface area contributed by atoms with E-state index in [2.05, 4.69) is 24.1 Å². The van der Waals surface area contributed by atoms with Crippen LogP contribution in [-0.4, -0.2) is 33.4 Å². The summed E-state index contributed by atoms with van der Waals surface area (Å²) >= 11 is 6.72. The first-order chi connectivity index (χ1) is 15.7. The van der Waals surface area contributed by atoms with Crippen LogP contribution in [0.5, 0.6) is 5.75 Å². The summed E-state index contributed by atoms with van der Waals surface area (Å²) in [5, 5.41) is 5.25. The molecule has 0 spiro atoms. The summed E-state index contributed by atoms with van der Waals surface area (Å²) < 4.78 is 13.1. The summed E-state index contributed by atoms with van der Waals surface area (Å²) in [6.45, 7) is 13.5. The zero-order chi connectivity index (χ0) is 25.4. The van der Waals surface area contributed by atoms with E-state index in [-0.39, 0.29) is 17.2 Å². The fourth-order valence-corrected chi connectivity index (χ4v) is 4.70. The van der Waals surface area contributed by atoms with Gasteiger partial charge in [0, 0.05) is 18.6 Å². The molecular weight excluding hydrogens is 454 g/mol. The van der Waals surface area contributed by atoms with Gasteiger partial charge in [-0.1, -0.05) is 25.4 Å². The highest BCUT2D eigenvalue weighted by Gasteiger charge is 2.31. The fraction of sp³-hybridized carbons (Fsp3) is 0.500. The molecular formula is C26H34ClN3O4. The number of alkyl carbamates (subject to hydrolysis) is 1. The third-order valence-corrected chi connectivity index (χ3v) is 5.94. The van der Waals surface area contributed by atoms with Crippen molar-refractivity contribution in [3.05, 3.63) is 45.5 Å². The molecule has 0 aliphatic carbocycles. The zero-order valence-electron chi connectivity index (χ0n) is 21.2. The number of amides is 1.